The minimum Gasteiger partial charge on any atom is -0.453 e. The van der Waals surface area contributed by atoms with E-state index < -0.39 is 36.5 Å². The van der Waals surface area contributed by atoms with E-state index in [-0.39, 0.29) is 28.9 Å². The maximum Gasteiger partial charge on any atom is 0.330 e. The first-order valence-corrected chi connectivity index (χ1v) is 11.3. The highest BCUT2D eigenvalue weighted by atomic mass is 19.3. The lowest BCUT2D eigenvalue weighted by molar-refractivity contribution is -0.154. The van der Waals surface area contributed by atoms with Gasteiger partial charge in [0.05, 0.1) is 22.2 Å². The van der Waals surface area contributed by atoms with Crippen LogP contribution in [0.25, 0.3) is 11.0 Å². The fourth-order valence-electron chi connectivity index (χ4n) is 4.47. The van der Waals surface area contributed by atoms with E-state index in [1.807, 2.05) is 0 Å². The van der Waals surface area contributed by atoms with Gasteiger partial charge in [-0.2, -0.15) is 8.78 Å². The topological polar surface area (TPSA) is 81.5 Å². The molecule has 3 aromatic carbocycles. The van der Waals surface area contributed by atoms with Crippen molar-refractivity contribution < 1.29 is 27.9 Å². The molecule has 2 amide bonds. The van der Waals surface area contributed by atoms with Crippen molar-refractivity contribution in [2.45, 2.75) is 32.0 Å². The SMILES string of the molecule is CC(OC(=O)[C@H](Cc1ccccc1)N1C(=O)c2ccccc2C1=O)c1nc2ccccc2n1C(F)F. The van der Waals surface area contributed by atoms with Gasteiger partial charge < -0.3 is 4.74 Å². The minimum atomic E-state index is -2.91. The first-order chi connectivity index (χ1) is 17.4. The molecule has 0 fully saturated rings. The Bertz CT molecular complexity index is 1430. The molecule has 1 aromatic heterocycles. The van der Waals surface area contributed by atoms with Crippen LogP contribution < -0.4 is 0 Å². The van der Waals surface area contributed by atoms with Crippen molar-refractivity contribution in [3.8, 4) is 0 Å². The fourth-order valence-corrected chi connectivity index (χ4v) is 4.47. The Labute approximate surface area is 204 Å². The number of fused-ring (bicyclic) bond motifs is 2. The first kappa shape index (κ1) is 23.3. The predicted molar refractivity (Wildman–Crippen MR) is 126 cm³/mol. The van der Waals surface area contributed by atoms with Gasteiger partial charge in [-0.3, -0.25) is 19.1 Å². The lowest BCUT2D eigenvalue weighted by Gasteiger charge is -2.26. The van der Waals surface area contributed by atoms with Gasteiger partial charge in [-0.05, 0) is 36.8 Å². The summed E-state index contributed by atoms with van der Waals surface area (Å²) >= 11 is 0. The van der Waals surface area contributed by atoms with Gasteiger partial charge in [0.15, 0.2) is 11.9 Å². The van der Waals surface area contributed by atoms with Crippen LogP contribution in [0.5, 0.6) is 0 Å². The Morgan fingerprint density at radius 3 is 2.11 bits per heavy atom. The third-order valence-corrected chi connectivity index (χ3v) is 6.16. The molecule has 0 saturated heterocycles. The smallest absolute Gasteiger partial charge is 0.330 e. The van der Waals surface area contributed by atoms with Crippen LogP contribution in [0.3, 0.4) is 0 Å². The monoisotopic (exact) mass is 489 g/mol. The van der Waals surface area contributed by atoms with Crippen molar-refractivity contribution >= 4 is 28.8 Å². The zero-order valence-corrected chi connectivity index (χ0v) is 19.2. The van der Waals surface area contributed by atoms with Crippen LogP contribution in [0.15, 0.2) is 78.9 Å². The quantitative estimate of drug-likeness (QED) is 0.271. The second-order valence-electron chi connectivity index (χ2n) is 8.42. The van der Waals surface area contributed by atoms with Gasteiger partial charge in [-0.25, -0.2) is 9.78 Å². The number of esters is 1. The molecule has 7 nitrogen and oxygen atoms in total. The zero-order valence-electron chi connectivity index (χ0n) is 19.2. The Hall–Kier alpha value is -4.40. The standard InChI is InChI=1S/C27H21F2N3O4/c1-16(23-30-20-13-7-8-14-21(20)31(23)27(28)29)36-26(35)22(15-17-9-3-2-4-10-17)32-24(33)18-11-5-6-12-19(18)25(32)34/h2-14,16,22,27H,15H2,1H3/t16?,22-/m0/s1. The number of imide groups is 1. The fraction of sp³-hybridized carbons (Fsp3) is 0.185. The number of ether oxygens (including phenoxy) is 1. The molecule has 9 heteroatoms. The molecule has 2 heterocycles. The van der Waals surface area contributed by atoms with Gasteiger partial charge in [-0.15, -0.1) is 0 Å². The number of carbonyl (C=O) groups excluding carboxylic acids is 3. The van der Waals surface area contributed by atoms with Crippen molar-refractivity contribution in [2.24, 2.45) is 0 Å². The van der Waals surface area contributed by atoms with Crippen LogP contribution in [-0.4, -0.2) is 38.3 Å². The number of hydrogen-bond acceptors (Lipinski definition) is 5. The summed E-state index contributed by atoms with van der Waals surface area (Å²) in [5.74, 6) is -2.25. The summed E-state index contributed by atoms with van der Waals surface area (Å²) in [6, 6.07) is 20.3. The van der Waals surface area contributed by atoms with Crippen molar-refractivity contribution in [1.82, 2.24) is 14.5 Å². The molecule has 2 atom stereocenters. The molecular weight excluding hydrogens is 468 g/mol. The molecule has 0 bridgehead atoms. The highest BCUT2D eigenvalue weighted by molar-refractivity contribution is 6.22. The van der Waals surface area contributed by atoms with Gasteiger partial charge in [-0.1, -0.05) is 54.6 Å². The summed E-state index contributed by atoms with van der Waals surface area (Å²) in [6.07, 6.45) is -1.17. The molecule has 36 heavy (non-hydrogen) atoms. The number of para-hydroxylation sites is 2. The number of amides is 2. The summed E-state index contributed by atoms with van der Waals surface area (Å²) in [5.41, 5.74) is 1.62. The largest absolute Gasteiger partial charge is 0.453 e. The summed E-state index contributed by atoms with van der Waals surface area (Å²) in [7, 11) is 0. The van der Waals surface area contributed by atoms with Crippen LogP contribution in [-0.2, 0) is 16.0 Å². The molecule has 4 aromatic rings. The number of hydrogen-bond donors (Lipinski definition) is 0. The molecule has 0 spiro atoms. The summed E-state index contributed by atoms with van der Waals surface area (Å²) < 4.78 is 34.1. The number of halogens is 2. The van der Waals surface area contributed by atoms with Gasteiger partial charge in [0.25, 0.3) is 11.8 Å². The zero-order chi connectivity index (χ0) is 25.4. The summed E-state index contributed by atoms with van der Waals surface area (Å²) in [6.45, 7) is -1.48. The Morgan fingerprint density at radius 1 is 0.889 bits per heavy atom. The van der Waals surface area contributed by atoms with E-state index in [2.05, 4.69) is 4.98 Å². The molecule has 0 aliphatic carbocycles. The molecule has 1 aliphatic rings. The van der Waals surface area contributed by atoms with Gasteiger partial charge >= 0.3 is 12.5 Å². The average Bonchev–Trinajstić information content (AvgIpc) is 3.39. The van der Waals surface area contributed by atoms with Crippen molar-refractivity contribution in [3.63, 3.8) is 0 Å². The predicted octanol–water partition coefficient (Wildman–Crippen LogP) is 4.94. The lowest BCUT2D eigenvalue weighted by atomic mass is 10.0. The minimum absolute atomic E-state index is 0.00310. The number of rotatable bonds is 7. The Morgan fingerprint density at radius 2 is 1.47 bits per heavy atom. The normalized spacial score (nSPS) is 14.8. The summed E-state index contributed by atoms with van der Waals surface area (Å²) in [5, 5.41) is 0. The van der Waals surface area contributed by atoms with Crippen molar-refractivity contribution in [3.05, 3.63) is 101 Å². The van der Waals surface area contributed by atoms with E-state index in [9.17, 15) is 23.2 Å². The van der Waals surface area contributed by atoms with Gasteiger partial charge in [0.2, 0.25) is 0 Å². The Kier molecular flexibility index (Phi) is 6.05. The molecule has 0 N–H and O–H groups in total. The van der Waals surface area contributed by atoms with Crippen LogP contribution >= 0.6 is 0 Å². The van der Waals surface area contributed by atoms with Crippen molar-refractivity contribution in [2.75, 3.05) is 0 Å². The number of benzene rings is 3. The number of imidazole rings is 1. The van der Waals surface area contributed by atoms with Crippen LogP contribution in [0.2, 0.25) is 0 Å². The molecule has 1 unspecified atom stereocenters. The van der Waals surface area contributed by atoms with Crippen LogP contribution in [0.4, 0.5) is 8.78 Å². The molecule has 1 aliphatic heterocycles. The Balaban J connectivity index is 1.48. The second-order valence-corrected chi connectivity index (χ2v) is 8.42. The highest BCUT2D eigenvalue weighted by Gasteiger charge is 2.44. The summed E-state index contributed by atoms with van der Waals surface area (Å²) in [4.78, 5) is 44.9. The van der Waals surface area contributed by atoms with E-state index in [0.717, 1.165) is 4.90 Å². The third kappa shape index (κ3) is 4.02. The highest BCUT2D eigenvalue weighted by Crippen LogP contribution is 2.30. The number of aromatic nitrogens is 2. The van der Waals surface area contributed by atoms with E-state index in [4.69, 9.17) is 4.74 Å². The van der Waals surface area contributed by atoms with Crippen LogP contribution in [0.1, 0.15) is 51.7 Å². The number of carbonyl (C=O) groups is 3. The first-order valence-electron chi connectivity index (χ1n) is 11.3. The maximum atomic E-state index is 13.9. The van der Waals surface area contributed by atoms with E-state index >= 15 is 0 Å². The van der Waals surface area contributed by atoms with Gasteiger partial charge in [0, 0.05) is 6.42 Å². The number of alkyl halides is 2. The molecule has 0 radical (unpaired) electrons. The lowest BCUT2D eigenvalue weighted by Crippen LogP contribution is -2.47. The second kappa shape index (κ2) is 9.33. The maximum absolute atomic E-state index is 13.9. The molecular formula is C27H21F2N3O4. The number of nitrogens with zero attached hydrogens (tertiary/aromatic N) is 3. The average molecular weight is 489 g/mol. The molecule has 182 valence electrons. The van der Waals surface area contributed by atoms with Crippen molar-refractivity contribution in [1.29, 1.82) is 0 Å². The van der Waals surface area contributed by atoms with E-state index in [1.165, 1.54) is 25.1 Å². The molecule has 0 saturated carbocycles. The third-order valence-electron chi connectivity index (χ3n) is 6.16. The van der Waals surface area contributed by atoms with Gasteiger partial charge in [0.1, 0.15) is 6.04 Å². The molecule has 5 rings (SSSR count). The van der Waals surface area contributed by atoms with E-state index in [1.54, 1.807) is 60.7 Å². The van der Waals surface area contributed by atoms with E-state index in [0.29, 0.717) is 15.6 Å². The van der Waals surface area contributed by atoms with Crippen LogP contribution in [0, 0.1) is 0 Å².